The Morgan fingerprint density at radius 3 is 2.56 bits per heavy atom. The fourth-order valence-electron chi connectivity index (χ4n) is 1.67. The van der Waals surface area contributed by atoms with E-state index in [4.69, 9.17) is 4.74 Å². The predicted octanol–water partition coefficient (Wildman–Crippen LogP) is 2.72. The van der Waals surface area contributed by atoms with E-state index in [1.807, 2.05) is 13.1 Å². The van der Waals surface area contributed by atoms with Gasteiger partial charge in [-0.25, -0.2) is 4.39 Å². The lowest BCUT2D eigenvalue weighted by Gasteiger charge is -2.25. The maximum atomic E-state index is 13.6. The molecule has 0 spiro atoms. The second-order valence-corrected chi connectivity index (χ2v) is 4.59. The number of methoxy groups -OCH3 is 1. The van der Waals surface area contributed by atoms with Gasteiger partial charge in [0.05, 0.1) is 7.11 Å². The second-order valence-electron chi connectivity index (χ2n) is 4.59. The molecule has 1 aromatic rings. The number of nitrogens with one attached hydrogen (secondary N) is 1. The maximum absolute atomic E-state index is 13.6. The molecule has 2 nitrogen and oxygen atoms in total. The number of ether oxygens (including phenoxy) is 1. The summed E-state index contributed by atoms with van der Waals surface area (Å²) >= 11 is 0. The quantitative estimate of drug-likeness (QED) is 0.832. The highest BCUT2D eigenvalue weighted by molar-refractivity contribution is 5.33. The molecule has 0 fully saturated rings. The molecule has 0 radical (unpaired) electrons. The van der Waals surface area contributed by atoms with Gasteiger partial charge in [0.2, 0.25) is 0 Å². The molecule has 0 aliphatic carbocycles. The third kappa shape index (κ3) is 2.95. The Labute approximate surface area is 96.8 Å². The van der Waals surface area contributed by atoms with Crippen molar-refractivity contribution < 1.29 is 9.13 Å². The van der Waals surface area contributed by atoms with Crippen molar-refractivity contribution in [2.75, 3.05) is 20.7 Å². The molecule has 0 amide bonds. The number of benzene rings is 1. The van der Waals surface area contributed by atoms with Crippen LogP contribution >= 0.6 is 0 Å². The van der Waals surface area contributed by atoms with E-state index < -0.39 is 0 Å². The normalized spacial score (nSPS) is 11.6. The smallest absolute Gasteiger partial charge is 0.165 e. The zero-order valence-corrected chi connectivity index (χ0v) is 10.4. The van der Waals surface area contributed by atoms with Gasteiger partial charge >= 0.3 is 0 Å². The van der Waals surface area contributed by atoms with E-state index in [1.54, 1.807) is 12.1 Å². The van der Waals surface area contributed by atoms with Crippen molar-refractivity contribution in [1.29, 1.82) is 0 Å². The Balaban J connectivity index is 2.91. The van der Waals surface area contributed by atoms with Gasteiger partial charge in [-0.15, -0.1) is 0 Å². The van der Waals surface area contributed by atoms with Gasteiger partial charge in [0.1, 0.15) is 0 Å². The standard InChI is InChI=1S/C13H20FNO/c1-13(2,7-8-15-3)10-5-6-12(16-4)11(14)9-10/h5-6,9,15H,7-8H2,1-4H3. The molecule has 0 saturated carbocycles. The summed E-state index contributed by atoms with van der Waals surface area (Å²) in [7, 11) is 3.40. The van der Waals surface area contributed by atoms with Crippen molar-refractivity contribution in [3.05, 3.63) is 29.6 Å². The summed E-state index contributed by atoms with van der Waals surface area (Å²) in [5.74, 6) is 0.00528. The SMILES string of the molecule is CNCCC(C)(C)c1ccc(OC)c(F)c1. The lowest BCUT2D eigenvalue weighted by molar-refractivity contribution is 0.384. The Kier molecular flexibility index (Phi) is 4.30. The van der Waals surface area contributed by atoms with Crippen LogP contribution in [-0.2, 0) is 5.41 Å². The highest BCUT2D eigenvalue weighted by Gasteiger charge is 2.21. The molecule has 0 unspecified atom stereocenters. The van der Waals surface area contributed by atoms with E-state index in [9.17, 15) is 4.39 Å². The van der Waals surface area contributed by atoms with Gasteiger partial charge in [0.15, 0.2) is 11.6 Å². The van der Waals surface area contributed by atoms with E-state index in [0.717, 1.165) is 18.5 Å². The van der Waals surface area contributed by atoms with Crippen LogP contribution in [0.25, 0.3) is 0 Å². The van der Waals surface area contributed by atoms with Gasteiger partial charge < -0.3 is 10.1 Å². The first-order valence-electron chi connectivity index (χ1n) is 5.50. The fraction of sp³-hybridized carbons (Fsp3) is 0.538. The zero-order valence-electron chi connectivity index (χ0n) is 10.4. The zero-order chi connectivity index (χ0) is 12.2. The first-order valence-corrected chi connectivity index (χ1v) is 5.50. The first-order chi connectivity index (χ1) is 7.51. The molecule has 0 aliphatic rings. The van der Waals surface area contributed by atoms with E-state index in [2.05, 4.69) is 19.2 Å². The van der Waals surface area contributed by atoms with Crippen LogP contribution in [0, 0.1) is 5.82 Å². The largest absolute Gasteiger partial charge is 0.494 e. The molecule has 3 heteroatoms. The van der Waals surface area contributed by atoms with Crippen molar-refractivity contribution in [3.63, 3.8) is 0 Å². The molecule has 1 aromatic carbocycles. The molecule has 0 atom stereocenters. The molecular formula is C13H20FNO. The van der Waals surface area contributed by atoms with Crippen LogP contribution in [0.2, 0.25) is 0 Å². The molecular weight excluding hydrogens is 205 g/mol. The minimum Gasteiger partial charge on any atom is -0.494 e. The topological polar surface area (TPSA) is 21.3 Å². The molecule has 0 bridgehead atoms. The van der Waals surface area contributed by atoms with Gasteiger partial charge in [0, 0.05) is 0 Å². The maximum Gasteiger partial charge on any atom is 0.165 e. The summed E-state index contributed by atoms with van der Waals surface area (Å²) in [4.78, 5) is 0. The van der Waals surface area contributed by atoms with Crippen molar-refractivity contribution in [2.24, 2.45) is 0 Å². The molecule has 0 aromatic heterocycles. The van der Waals surface area contributed by atoms with Gasteiger partial charge in [-0.3, -0.25) is 0 Å². The third-order valence-electron chi connectivity index (χ3n) is 2.93. The molecule has 0 aliphatic heterocycles. The third-order valence-corrected chi connectivity index (χ3v) is 2.93. The van der Waals surface area contributed by atoms with Crippen molar-refractivity contribution in [1.82, 2.24) is 5.32 Å². The van der Waals surface area contributed by atoms with Crippen LogP contribution < -0.4 is 10.1 Å². The van der Waals surface area contributed by atoms with Crippen LogP contribution in [0.15, 0.2) is 18.2 Å². The average Bonchev–Trinajstić information content (AvgIpc) is 2.26. The van der Waals surface area contributed by atoms with Gasteiger partial charge in [-0.2, -0.15) is 0 Å². The molecule has 16 heavy (non-hydrogen) atoms. The summed E-state index contributed by atoms with van der Waals surface area (Å²) in [6, 6.07) is 5.18. The predicted molar refractivity (Wildman–Crippen MR) is 64.5 cm³/mol. The lowest BCUT2D eigenvalue weighted by atomic mass is 9.81. The number of rotatable bonds is 5. The first kappa shape index (κ1) is 13.0. The Hall–Kier alpha value is -1.09. The van der Waals surface area contributed by atoms with Crippen molar-refractivity contribution in [2.45, 2.75) is 25.7 Å². The molecule has 1 rings (SSSR count). The summed E-state index contributed by atoms with van der Waals surface area (Å²) in [5, 5.41) is 3.11. The fourth-order valence-corrected chi connectivity index (χ4v) is 1.67. The van der Waals surface area contributed by atoms with Crippen LogP contribution in [0.3, 0.4) is 0 Å². The van der Waals surface area contributed by atoms with Crippen LogP contribution in [0.4, 0.5) is 4.39 Å². The summed E-state index contributed by atoms with van der Waals surface area (Å²) in [6.07, 6.45) is 0.968. The summed E-state index contributed by atoms with van der Waals surface area (Å²) < 4.78 is 18.5. The van der Waals surface area contributed by atoms with Gasteiger partial charge in [-0.1, -0.05) is 19.9 Å². The number of hydrogen-bond donors (Lipinski definition) is 1. The van der Waals surface area contributed by atoms with E-state index in [1.165, 1.54) is 7.11 Å². The molecule has 0 heterocycles. The minimum absolute atomic E-state index is 0.0316. The highest BCUT2D eigenvalue weighted by Crippen LogP contribution is 2.29. The monoisotopic (exact) mass is 225 g/mol. The summed E-state index contributed by atoms with van der Waals surface area (Å²) in [5.41, 5.74) is 0.969. The van der Waals surface area contributed by atoms with E-state index in [-0.39, 0.29) is 11.2 Å². The Bertz CT molecular complexity index is 350. The van der Waals surface area contributed by atoms with Gasteiger partial charge in [0.25, 0.3) is 0 Å². The molecule has 1 N–H and O–H groups in total. The van der Waals surface area contributed by atoms with E-state index >= 15 is 0 Å². The number of hydrogen-bond acceptors (Lipinski definition) is 2. The van der Waals surface area contributed by atoms with Gasteiger partial charge in [-0.05, 0) is 43.1 Å². The average molecular weight is 225 g/mol. The highest BCUT2D eigenvalue weighted by atomic mass is 19.1. The Morgan fingerprint density at radius 2 is 2.06 bits per heavy atom. The van der Waals surface area contributed by atoms with Crippen LogP contribution in [-0.4, -0.2) is 20.7 Å². The van der Waals surface area contributed by atoms with Crippen LogP contribution in [0.1, 0.15) is 25.8 Å². The van der Waals surface area contributed by atoms with Crippen molar-refractivity contribution in [3.8, 4) is 5.75 Å². The molecule has 90 valence electrons. The van der Waals surface area contributed by atoms with Crippen LogP contribution in [0.5, 0.6) is 5.75 Å². The second kappa shape index (κ2) is 5.30. The summed E-state index contributed by atoms with van der Waals surface area (Å²) in [6.45, 7) is 5.15. The minimum atomic E-state index is -0.294. The van der Waals surface area contributed by atoms with E-state index in [0.29, 0.717) is 5.75 Å². The lowest BCUT2D eigenvalue weighted by Crippen LogP contribution is -2.23. The number of halogens is 1. The van der Waals surface area contributed by atoms with Crippen molar-refractivity contribution >= 4 is 0 Å². The Morgan fingerprint density at radius 1 is 1.38 bits per heavy atom. The molecule has 0 saturated heterocycles.